The zero-order valence-electron chi connectivity index (χ0n) is 16.5. The van der Waals surface area contributed by atoms with E-state index in [1.807, 2.05) is 30.3 Å². The van der Waals surface area contributed by atoms with Crippen molar-refractivity contribution in [1.82, 2.24) is 0 Å². The van der Waals surface area contributed by atoms with Crippen molar-refractivity contribution in [1.29, 1.82) is 0 Å². The fourth-order valence-corrected chi connectivity index (χ4v) is 3.86. The molecule has 0 bridgehead atoms. The molecule has 29 heavy (non-hydrogen) atoms. The maximum absolute atomic E-state index is 12.7. The number of carbonyl (C=O) groups excluding carboxylic acids is 2. The fourth-order valence-electron chi connectivity index (χ4n) is 3.86. The molecule has 4 nitrogen and oxygen atoms in total. The van der Waals surface area contributed by atoms with Crippen molar-refractivity contribution in [2.24, 2.45) is 11.8 Å². The Hall–Kier alpha value is -3.14. The molecule has 0 aromatic heterocycles. The van der Waals surface area contributed by atoms with Gasteiger partial charge in [0.1, 0.15) is 11.5 Å². The van der Waals surface area contributed by atoms with Gasteiger partial charge in [-0.15, -0.1) is 0 Å². The van der Waals surface area contributed by atoms with Gasteiger partial charge in [-0.2, -0.15) is 0 Å². The molecular formula is C25H24O4. The van der Waals surface area contributed by atoms with E-state index in [4.69, 9.17) is 9.47 Å². The molecule has 3 aromatic carbocycles. The summed E-state index contributed by atoms with van der Waals surface area (Å²) in [7, 11) is 0. The van der Waals surface area contributed by atoms with Crippen LogP contribution in [0.5, 0.6) is 11.5 Å². The molecule has 4 heteroatoms. The Bertz CT molecular complexity index is 1010. The minimum atomic E-state index is -0.444. The Morgan fingerprint density at radius 1 is 0.759 bits per heavy atom. The standard InChI is InChI=1S/C25H24O4/c1-17-13-15-20(16-14-17)25(27)29-22-12-6-10-18-9-5-11-21(23(18)22)28-24(26)19-7-3-2-4-8-19/h2-12,17,20H,13-16H2,1H3. The van der Waals surface area contributed by atoms with Crippen LogP contribution in [0.15, 0.2) is 66.7 Å². The first-order chi connectivity index (χ1) is 14.1. The first-order valence-electron chi connectivity index (χ1n) is 10.1. The zero-order chi connectivity index (χ0) is 20.2. The molecule has 1 saturated carbocycles. The third-order valence-electron chi connectivity index (χ3n) is 5.60. The van der Waals surface area contributed by atoms with Crippen LogP contribution < -0.4 is 9.47 Å². The van der Waals surface area contributed by atoms with E-state index in [-0.39, 0.29) is 11.9 Å². The highest BCUT2D eigenvalue weighted by molar-refractivity contribution is 5.99. The molecule has 1 aliphatic carbocycles. The van der Waals surface area contributed by atoms with Crippen molar-refractivity contribution >= 4 is 22.7 Å². The second kappa shape index (κ2) is 8.48. The average molecular weight is 388 g/mol. The van der Waals surface area contributed by atoms with Crippen molar-refractivity contribution in [3.63, 3.8) is 0 Å². The van der Waals surface area contributed by atoms with Gasteiger partial charge in [0, 0.05) is 0 Å². The van der Waals surface area contributed by atoms with Gasteiger partial charge < -0.3 is 9.47 Å². The summed E-state index contributed by atoms with van der Waals surface area (Å²) in [5.74, 6) is 0.773. The lowest BCUT2D eigenvalue weighted by molar-refractivity contribution is -0.140. The first kappa shape index (κ1) is 19.2. The summed E-state index contributed by atoms with van der Waals surface area (Å²) >= 11 is 0. The summed E-state index contributed by atoms with van der Waals surface area (Å²) in [5, 5.41) is 1.49. The number of benzene rings is 3. The van der Waals surface area contributed by atoms with Crippen LogP contribution in [0.25, 0.3) is 10.8 Å². The minimum Gasteiger partial charge on any atom is -0.426 e. The van der Waals surface area contributed by atoms with Crippen LogP contribution in [0.2, 0.25) is 0 Å². The van der Waals surface area contributed by atoms with Crippen LogP contribution in [0.4, 0.5) is 0 Å². The Morgan fingerprint density at radius 2 is 1.38 bits per heavy atom. The summed E-state index contributed by atoms with van der Waals surface area (Å²) in [4.78, 5) is 25.3. The molecule has 0 atom stereocenters. The third kappa shape index (κ3) is 4.32. The van der Waals surface area contributed by atoms with Gasteiger partial charge in [0.25, 0.3) is 0 Å². The molecule has 1 fully saturated rings. The van der Waals surface area contributed by atoms with Gasteiger partial charge >= 0.3 is 11.9 Å². The van der Waals surface area contributed by atoms with E-state index in [2.05, 4.69) is 6.92 Å². The van der Waals surface area contributed by atoms with Crippen LogP contribution in [-0.4, -0.2) is 11.9 Å². The van der Waals surface area contributed by atoms with E-state index >= 15 is 0 Å². The molecule has 148 valence electrons. The number of esters is 2. The van der Waals surface area contributed by atoms with E-state index in [1.165, 1.54) is 0 Å². The third-order valence-corrected chi connectivity index (χ3v) is 5.60. The Morgan fingerprint density at radius 3 is 2.03 bits per heavy atom. The summed E-state index contributed by atoms with van der Waals surface area (Å²) in [6.45, 7) is 2.22. The molecule has 0 amide bonds. The second-order valence-electron chi connectivity index (χ2n) is 7.74. The summed E-state index contributed by atoms with van der Waals surface area (Å²) in [6, 6.07) is 19.8. The largest absolute Gasteiger partial charge is 0.426 e. The van der Waals surface area contributed by atoms with E-state index in [1.54, 1.807) is 36.4 Å². The van der Waals surface area contributed by atoms with E-state index in [0.29, 0.717) is 28.4 Å². The fraction of sp³-hybridized carbons (Fsp3) is 0.280. The molecule has 0 spiro atoms. The molecule has 0 unspecified atom stereocenters. The maximum Gasteiger partial charge on any atom is 0.343 e. The Balaban J connectivity index is 1.61. The molecule has 0 saturated heterocycles. The summed E-state index contributed by atoms with van der Waals surface area (Å²) in [6.07, 6.45) is 3.83. The van der Waals surface area contributed by atoms with Crippen LogP contribution in [0, 0.1) is 11.8 Å². The van der Waals surface area contributed by atoms with Crippen molar-refractivity contribution in [3.05, 3.63) is 72.3 Å². The quantitative estimate of drug-likeness (QED) is 0.419. The normalized spacial score (nSPS) is 18.9. The van der Waals surface area contributed by atoms with Crippen molar-refractivity contribution in [3.8, 4) is 11.5 Å². The van der Waals surface area contributed by atoms with Gasteiger partial charge in [-0.1, -0.05) is 49.4 Å². The lowest BCUT2D eigenvalue weighted by Crippen LogP contribution is -2.25. The second-order valence-corrected chi connectivity index (χ2v) is 7.74. The SMILES string of the molecule is CC1CCC(C(=O)Oc2cccc3cccc(OC(=O)c4ccccc4)c23)CC1. The Labute approximate surface area is 170 Å². The van der Waals surface area contributed by atoms with Gasteiger partial charge in [0.2, 0.25) is 0 Å². The number of hydrogen-bond donors (Lipinski definition) is 0. The van der Waals surface area contributed by atoms with Gasteiger partial charge in [-0.3, -0.25) is 4.79 Å². The lowest BCUT2D eigenvalue weighted by Gasteiger charge is -2.24. The molecule has 0 heterocycles. The number of ether oxygens (including phenoxy) is 2. The Kier molecular flexibility index (Phi) is 5.61. The molecule has 0 aliphatic heterocycles. The average Bonchev–Trinajstić information content (AvgIpc) is 2.75. The predicted octanol–water partition coefficient (Wildman–Crippen LogP) is 5.79. The topological polar surface area (TPSA) is 52.6 Å². The molecule has 3 aromatic rings. The summed E-state index contributed by atoms with van der Waals surface area (Å²) in [5.41, 5.74) is 0.468. The molecule has 4 rings (SSSR count). The van der Waals surface area contributed by atoms with Crippen LogP contribution in [0.1, 0.15) is 43.0 Å². The number of hydrogen-bond acceptors (Lipinski definition) is 4. The van der Waals surface area contributed by atoms with Crippen LogP contribution in [0.3, 0.4) is 0 Å². The van der Waals surface area contributed by atoms with Gasteiger partial charge in [-0.05, 0) is 61.3 Å². The van der Waals surface area contributed by atoms with Crippen molar-refractivity contribution in [2.75, 3.05) is 0 Å². The van der Waals surface area contributed by atoms with E-state index in [0.717, 1.165) is 31.1 Å². The van der Waals surface area contributed by atoms with Gasteiger partial charge in [0.05, 0.1) is 16.9 Å². The molecule has 0 radical (unpaired) electrons. The zero-order valence-corrected chi connectivity index (χ0v) is 16.5. The number of rotatable bonds is 4. The molecule has 1 aliphatic rings. The predicted molar refractivity (Wildman–Crippen MR) is 112 cm³/mol. The minimum absolute atomic E-state index is 0.0690. The number of carbonyl (C=O) groups is 2. The van der Waals surface area contributed by atoms with Gasteiger partial charge in [0.15, 0.2) is 0 Å². The first-order valence-corrected chi connectivity index (χ1v) is 10.1. The maximum atomic E-state index is 12.7. The monoisotopic (exact) mass is 388 g/mol. The van der Waals surface area contributed by atoms with Crippen LogP contribution >= 0.6 is 0 Å². The number of fused-ring (bicyclic) bond motifs is 1. The molecular weight excluding hydrogens is 364 g/mol. The van der Waals surface area contributed by atoms with Gasteiger partial charge in [-0.25, -0.2) is 4.79 Å². The van der Waals surface area contributed by atoms with E-state index < -0.39 is 5.97 Å². The highest BCUT2D eigenvalue weighted by Crippen LogP contribution is 2.36. The smallest absolute Gasteiger partial charge is 0.343 e. The van der Waals surface area contributed by atoms with Crippen LogP contribution in [-0.2, 0) is 4.79 Å². The highest BCUT2D eigenvalue weighted by Gasteiger charge is 2.26. The van der Waals surface area contributed by atoms with Crippen molar-refractivity contribution in [2.45, 2.75) is 32.6 Å². The lowest BCUT2D eigenvalue weighted by atomic mass is 9.83. The molecule has 0 N–H and O–H groups in total. The summed E-state index contributed by atoms with van der Waals surface area (Å²) < 4.78 is 11.5. The highest BCUT2D eigenvalue weighted by atomic mass is 16.5. The van der Waals surface area contributed by atoms with Crippen molar-refractivity contribution < 1.29 is 19.1 Å². The van der Waals surface area contributed by atoms with E-state index in [9.17, 15) is 9.59 Å².